The first-order valence-corrected chi connectivity index (χ1v) is 10.8. The molecule has 31 heavy (non-hydrogen) atoms. The van der Waals surface area contributed by atoms with E-state index >= 15 is 0 Å². The molecule has 2 amide bonds. The maximum Gasteiger partial charge on any atom is 0.283 e. The zero-order valence-electron chi connectivity index (χ0n) is 16.3. The Bertz CT molecular complexity index is 1180. The molecule has 1 aliphatic rings. The van der Waals surface area contributed by atoms with Gasteiger partial charge in [0.15, 0.2) is 0 Å². The first kappa shape index (κ1) is 21.3. The van der Waals surface area contributed by atoms with E-state index in [1.807, 2.05) is 30.3 Å². The lowest BCUT2D eigenvalue weighted by Crippen LogP contribution is -2.32. The smallest absolute Gasteiger partial charge is 0.283 e. The number of carbonyl (C=O) groups is 2. The van der Waals surface area contributed by atoms with Crippen LogP contribution in [0.3, 0.4) is 0 Å². The van der Waals surface area contributed by atoms with Gasteiger partial charge in [-0.1, -0.05) is 53.2 Å². The molecule has 3 aromatic carbocycles. The Morgan fingerprint density at radius 3 is 2.23 bits per heavy atom. The highest BCUT2D eigenvalue weighted by Gasteiger charge is 2.40. The van der Waals surface area contributed by atoms with Crippen molar-refractivity contribution in [1.29, 1.82) is 0 Å². The molecule has 1 N–H and O–H groups in total. The van der Waals surface area contributed by atoms with Gasteiger partial charge in [-0.05, 0) is 54.6 Å². The van der Waals surface area contributed by atoms with Gasteiger partial charge in [0.1, 0.15) is 16.4 Å². The Morgan fingerprint density at radius 2 is 1.58 bits per heavy atom. The third-order valence-electron chi connectivity index (χ3n) is 4.52. The summed E-state index contributed by atoms with van der Waals surface area (Å²) in [7, 11) is 1.55. The predicted molar refractivity (Wildman–Crippen MR) is 125 cm³/mol. The quantitative estimate of drug-likeness (QED) is 0.448. The molecule has 0 bridgehead atoms. The van der Waals surface area contributed by atoms with Gasteiger partial charge in [-0.25, -0.2) is 4.90 Å². The molecule has 1 aliphatic heterocycles. The second kappa shape index (κ2) is 9.06. The number of hydrogen-bond acceptors (Lipinski definition) is 5. The molecule has 156 valence electrons. The van der Waals surface area contributed by atoms with Crippen LogP contribution < -0.4 is 15.0 Å². The SMILES string of the molecule is COc1ccc(N2C(=O)C(Nc3ccc(Cl)c(Cl)c3)=C(Sc3ccccc3)C2=O)cc1. The number of methoxy groups -OCH3 is 1. The van der Waals surface area contributed by atoms with Crippen molar-refractivity contribution in [2.24, 2.45) is 0 Å². The number of benzene rings is 3. The average molecular weight is 471 g/mol. The van der Waals surface area contributed by atoms with Crippen molar-refractivity contribution in [3.05, 3.63) is 93.4 Å². The van der Waals surface area contributed by atoms with Gasteiger partial charge >= 0.3 is 0 Å². The highest BCUT2D eigenvalue weighted by atomic mass is 35.5. The van der Waals surface area contributed by atoms with Crippen molar-refractivity contribution < 1.29 is 14.3 Å². The van der Waals surface area contributed by atoms with E-state index in [4.69, 9.17) is 27.9 Å². The fourth-order valence-corrected chi connectivity index (χ4v) is 4.25. The first-order chi connectivity index (χ1) is 15.0. The average Bonchev–Trinajstić information content (AvgIpc) is 3.01. The molecule has 0 radical (unpaired) electrons. The third-order valence-corrected chi connectivity index (χ3v) is 6.35. The molecule has 0 atom stereocenters. The Hall–Kier alpha value is -2.93. The van der Waals surface area contributed by atoms with Crippen LogP contribution >= 0.6 is 35.0 Å². The molecule has 0 spiro atoms. The number of nitrogens with zero attached hydrogens (tertiary/aromatic N) is 1. The second-order valence-corrected chi connectivity index (χ2v) is 8.42. The third kappa shape index (κ3) is 4.42. The monoisotopic (exact) mass is 470 g/mol. The summed E-state index contributed by atoms with van der Waals surface area (Å²) in [4.78, 5) is 28.9. The Kier molecular flexibility index (Phi) is 6.23. The fraction of sp³-hybridized carbons (Fsp3) is 0.0435. The van der Waals surface area contributed by atoms with Crippen molar-refractivity contribution >= 4 is 58.2 Å². The van der Waals surface area contributed by atoms with E-state index in [2.05, 4.69) is 5.32 Å². The molecule has 0 saturated carbocycles. The lowest BCUT2D eigenvalue weighted by atomic mass is 10.2. The van der Waals surface area contributed by atoms with E-state index in [0.29, 0.717) is 27.2 Å². The molecule has 3 aromatic rings. The number of ether oxygens (including phenoxy) is 1. The highest BCUT2D eigenvalue weighted by Crippen LogP contribution is 2.38. The van der Waals surface area contributed by atoms with Crippen LogP contribution in [0.2, 0.25) is 10.0 Å². The van der Waals surface area contributed by atoms with Crippen LogP contribution in [0, 0.1) is 0 Å². The van der Waals surface area contributed by atoms with Crippen molar-refractivity contribution in [2.45, 2.75) is 4.90 Å². The van der Waals surface area contributed by atoms with Crippen LogP contribution in [0.4, 0.5) is 11.4 Å². The number of thioether (sulfide) groups is 1. The predicted octanol–water partition coefficient (Wildman–Crippen LogP) is 5.99. The van der Waals surface area contributed by atoms with Crippen molar-refractivity contribution in [2.75, 3.05) is 17.3 Å². The number of halogens is 2. The van der Waals surface area contributed by atoms with Crippen LogP contribution in [-0.4, -0.2) is 18.9 Å². The molecule has 0 fully saturated rings. The topological polar surface area (TPSA) is 58.6 Å². The largest absolute Gasteiger partial charge is 0.497 e. The lowest BCUT2D eigenvalue weighted by molar-refractivity contribution is -0.120. The number of anilines is 2. The Balaban J connectivity index is 1.73. The summed E-state index contributed by atoms with van der Waals surface area (Å²) in [6.07, 6.45) is 0. The van der Waals surface area contributed by atoms with Crippen LogP contribution in [-0.2, 0) is 9.59 Å². The number of carbonyl (C=O) groups excluding carboxylic acids is 2. The van der Waals surface area contributed by atoms with Gasteiger partial charge in [-0.15, -0.1) is 0 Å². The molecule has 0 aliphatic carbocycles. The molecule has 8 heteroatoms. The zero-order valence-corrected chi connectivity index (χ0v) is 18.6. The minimum absolute atomic E-state index is 0.174. The van der Waals surface area contributed by atoms with E-state index < -0.39 is 11.8 Å². The van der Waals surface area contributed by atoms with Gasteiger partial charge in [0, 0.05) is 10.6 Å². The maximum atomic E-state index is 13.3. The van der Waals surface area contributed by atoms with Crippen molar-refractivity contribution in [3.8, 4) is 5.75 Å². The van der Waals surface area contributed by atoms with E-state index in [1.54, 1.807) is 49.6 Å². The number of imide groups is 1. The molecule has 0 saturated heterocycles. The first-order valence-electron chi connectivity index (χ1n) is 9.20. The van der Waals surface area contributed by atoms with Gasteiger partial charge in [0.25, 0.3) is 11.8 Å². The summed E-state index contributed by atoms with van der Waals surface area (Å²) in [6, 6.07) is 21.0. The van der Waals surface area contributed by atoms with E-state index in [1.165, 1.54) is 11.8 Å². The van der Waals surface area contributed by atoms with Crippen LogP contribution in [0.1, 0.15) is 0 Å². The summed E-state index contributed by atoms with van der Waals surface area (Å²) in [5, 5.41) is 3.80. The standard InChI is InChI=1S/C23H16Cl2N2O3S/c1-30-16-10-8-15(9-11-16)27-22(28)20(26-14-7-12-18(24)19(25)13-14)21(23(27)29)31-17-5-3-2-4-6-17/h2-13,26H,1H3. The number of nitrogens with one attached hydrogen (secondary N) is 1. The van der Waals surface area contributed by atoms with E-state index in [-0.39, 0.29) is 10.6 Å². The highest BCUT2D eigenvalue weighted by molar-refractivity contribution is 8.04. The van der Waals surface area contributed by atoms with E-state index in [0.717, 1.165) is 9.80 Å². The summed E-state index contributed by atoms with van der Waals surface area (Å²) in [5.74, 6) is -0.241. The molecule has 4 rings (SSSR count). The maximum absolute atomic E-state index is 13.3. The number of amides is 2. The molecule has 1 heterocycles. The van der Waals surface area contributed by atoms with Crippen LogP contribution in [0.5, 0.6) is 5.75 Å². The second-order valence-electron chi connectivity index (χ2n) is 6.52. The van der Waals surface area contributed by atoms with E-state index in [9.17, 15) is 9.59 Å². The summed E-state index contributed by atoms with van der Waals surface area (Å²) < 4.78 is 5.17. The zero-order chi connectivity index (χ0) is 22.0. The van der Waals surface area contributed by atoms with Gasteiger partial charge in [0.05, 0.1) is 22.8 Å². The van der Waals surface area contributed by atoms with Gasteiger partial charge in [-0.2, -0.15) is 0 Å². The van der Waals surface area contributed by atoms with Gasteiger partial charge < -0.3 is 10.1 Å². The molecular formula is C23H16Cl2N2O3S. The minimum Gasteiger partial charge on any atom is -0.497 e. The molecule has 5 nitrogen and oxygen atoms in total. The number of rotatable bonds is 6. The Labute approximate surface area is 193 Å². The molecule has 0 unspecified atom stereocenters. The van der Waals surface area contributed by atoms with Crippen LogP contribution in [0.25, 0.3) is 0 Å². The fourth-order valence-electron chi connectivity index (χ4n) is 3.00. The summed E-state index contributed by atoms with van der Waals surface area (Å²) in [5.41, 5.74) is 1.18. The normalized spacial score (nSPS) is 13.7. The number of hydrogen-bond donors (Lipinski definition) is 1. The summed E-state index contributed by atoms with van der Waals surface area (Å²) in [6.45, 7) is 0. The Morgan fingerprint density at radius 1 is 0.871 bits per heavy atom. The van der Waals surface area contributed by atoms with Gasteiger partial charge in [-0.3, -0.25) is 9.59 Å². The van der Waals surface area contributed by atoms with Gasteiger partial charge in [0.2, 0.25) is 0 Å². The minimum atomic E-state index is -0.459. The van der Waals surface area contributed by atoms with Crippen molar-refractivity contribution in [3.63, 3.8) is 0 Å². The van der Waals surface area contributed by atoms with Crippen molar-refractivity contribution in [1.82, 2.24) is 0 Å². The lowest BCUT2D eigenvalue weighted by Gasteiger charge is -2.15. The summed E-state index contributed by atoms with van der Waals surface area (Å²) >= 11 is 13.3. The molecule has 0 aromatic heterocycles. The molecular weight excluding hydrogens is 455 g/mol. The van der Waals surface area contributed by atoms with Crippen LogP contribution in [0.15, 0.2) is 88.3 Å².